The van der Waals surface area contributed by atoms with Crippen molar-refractivity contribution in [1.82, 2.24) is 24.8 Å². The Morgan fingerprint density at radius 2 is 2.08 bits per heavy atom. The van der Waals surface area contributed by atoms with Gasteiger partial charge in [0.15, 0.2) is 0 Å². The van der Waals surface area contributed by atoms with Gasteiger partial charge < -0.3 is 24.8 Å². The lowest BCUT2D eigenvalue weighted by atomic mass is 9.92. The van der Waals surface area contributed by atoms with Crippen LogP contribution in [0.15, 0.2) is 18.5 Å². The maximum absolute atomic E-state index is 12.8. The molecule has 2 saturated heterocycles. The second-order valence-corrected chi connectivity index (χ2v) is 7.51. The number of nitrogens with one attached hydrogen (secondary N) is 1. The molecule has 2 aliphatic rings. The van der Waals surface area contributed by atoms with E-state index in [-0.39, 0.29) is 18.2 Å². The number of aliphatic hydroxyl groups excluding tert-OH is 1. The average Bonchev–Trinajstić information content (AvgIpc) is 3.29. The number of carbonyl (C=O) groups is 1. The van der Waals surface area contributed by atoms with Gasteiger partial charge in [0, 0.05) is 51.0 Å². The smallest absolute Gasteiger partial charge is 0.320 e. The minimum absolute atomic E-state index is 0.0348. The number of piperidine rings is 1. The highest BCUT2D eigenvalue weighted by atomic mass is 16.3. The van der Waals surface area contributed by atoms with Gasteiger partial charge in [0.1, 0.15) is 5.65 Å². The molecule has 140 valence electrons. The Morgan fingerprint density at radius 3 is 2.85 bits per heavy atom. The summed E-state index contributed by atoms with van der Waals surface area (Å²) < 4.78 is 0. The van der Waals surface area contributed by atoms with Crippen LogP contribution < -0.4 is 4.90 Å². The van der Waals surface area contributed by atoms with Crippen molar-refractivity contribution in [2.45, 2.75) is 31.9 Å². The number of β-amino-alcohol motifs (C(OH)–C–C–N with tert-alkyl or cyclic N) is 1. The molecule has 0 saturated carbocycles. The Labute approximate surface area is 152 Å². The van der Waals surface area contributed by atoms with Crippen LogP contribution in [0.1, 0.15) is 19.8 Å². The first kappa shape index (κ1) is 17.1. The lowest BCUT2D eigenvalue weighted by molar-refractivity contribution is 0.124. The Bertz CT molecular complexity index is 793. The molecule has 8 heteroatoms. The number of urea groups is 1. The van der Waals surface area contributed by atoms with E-state index in [1.807, 2.05) is 30.4 Å². The number of hydrogen-bond acceptors (Lipinski definition) is 5. The van der Waals surface area contributed by atoms with Gasteiger partial charge in [0.2, 0.25) is 5.95 Å². The second-order valence-electron chi connectivity index (χ2n) is 7.51. The van der Waals surface area contributed by atoms with E-state index in [4.69, 9.17) is 0 Å². The summed E-state index contributed by atoms with van der Waals surface area (Å²) in [6.07, 6.45) is 4.91. The van der Waals surface area contributed by atoms with E-state index in [0.717, 1.165) is 24.0 Å². The number of likely N-dealkylation sites (N-methyl/N-ethyl adjacent to an activating group) is 1. The summed E-state index contributed by atoms with van der Waals surface area (Å²) in [6, 6.07) is 2.15. The number of aromatic nitrogens is 3. The number of aromatic amines is 1. The Morgan fingerprint density at radius 1 is 1.31 bits per heavy atom. The van der Waals surface area contributed by atoms with Gasteiger partial charge >= 0.3 is 6.03 Å². The Balaban J connectivity index is 1.49. The van der Waals surface area contributed by atoms with E-state index >= 15 is 0 Å². The van der Waals surface area contributed by atoms with E-state index in [1.54, 1.807) is 4.90 Å². The van der Waals surface area contributed by atoms with Crippen molar-refractivity contribution in [3.63, 3.8) is 0 Å². The van der Waals surface area contributed by atoms with Crippen LogP contribution in [0.2, 0.25) is 0 Å². The standard InChI is InChI=1S/C18H26N6O2/c1-12-4-7-24(18(26)23-8-5-14(25)10-23)11-15(12)22(2)17-20-9-13-3-6-19-16(13)21-17/h3,6,9,12,14-15,25H,4-5,7-8,10-11H2,1-2H3,(H,19,20,21). The molecule has 4 heterocycles. The Hall–Kier alpha value is -2.35. The number of aliphatic hydroxyl groups is 1. The van der Waals surface area contributed by atoms with Crippen LogP contribution in [0.25, 0.3) is 11.0 Å². The molecular weight excluding hydrogens is 332 g/mol. The van der Waals surface area contributed by atoms with Crippen LogP contribution >= 0.6 is 0 Å². The zero-order valence-corrected chi connectivity index (χ0v) is 15.3. The number of hydrogen-bond donors (Lipinski definition) is 2. The third-order valence-corrected chi connectivity index (χ3v) is 5.72. The minimum atomic E-state index is -0.387. The molecule has 0 aromatic carbocycles. The highest BCUT2D eigenvalue weighted by Crippen LogP contribution is 2.26. The van der Waals surface area contributed by atoms with Gasteiger partial charge in [0.25, 0.3) is 0 Å². The molecule has 3 atom stereocenters. The highest BCUT2D eigenvalue weighted by molar-refractivity contribution is 5.76. The summed E-state index contributed by atoms with van der Waals surface area (Å²) >= 11 is 0. The van der Waals surface area contributed by atoms with Crippen molar-refractivity contribution < 1.29 is 9.90 Å². The third kappa shape index (κ3) is 3.09. The quantitative estimate of drug-likeness (QED) is 0.845. The first-order valence-electron chi connectivity index (χ1n) is 9.28. The minimum Gasteiger partial charge on any atom is -0.391 e. The summed E-state index contributed by atoms with van der Waals surface area (Å²) in [6.45, 7) is 4.70. The molecule has 0 spiro atoms. The van der Waals surface area contributed by atoms with Crippen LogP contribution in [-0.4, -0.2) is 81.3 Å². The van der Waals surface area contributed by atoms with Crippen molar-refractivity contribution in [3.8, 4) is 0 Å². The molecule has 0 radical (unpaired) electrons. The van der Waals surface area contributed by atoms with E-state index in [9.17, 15) is 9.90 Å². The zero-order valence-electron chi connectivity index (χ0n) is 15.3. The summed E-state index contributed by atoms with van der Waals surface area (Å²) in [5.74, 6) is 1.11. The predicted molar refractivity (Wildman–Crippen MR) is 99.0 cm³/mol. The van der Waals surface area contributed by atoms with Gasteiger partial charge in [-0.15, -0.1) is 0 Å². The number of amides is 2. The normalized spacial score (nSPS) is 26.5. The van der Waals surface area contributed by atoms with Gasteiger partial charge in [-0.25, -0.2) is 9.78 Å². The van der Waals surface area contributed by atoms with Gasteiger partial charge in [-0.1, -0.05) is 6.92 Å². The lowest BCUT2D eigenvalue weighted by Crippen LogP contribution is -2.55. The highest BCUT2D eigenvalue weighted by Gasteiger charge is 2.35. The van der Waals surface area contributed by atoms with Gasteiger partial charge in [-0.2, -0.15) is 4.98 Å². The lowest BCUT2D eigenvalue weighted by Gasteiger charge is -2.42. The average molecular weight is 358 g/mol. The van der Waals surface area contributed by atoms with E-state index in [0.29, 0.717) is 37.9 Å². The van der Waals surface area contributed by atoms with Crippen LogP contribution in [0.4, 0.5) is 10.7 Å². The summed E-state index contributed by atoms with van der Waals surface area (Å²) in [4.78, 5) is 30.8. The van der Waals surface area contributed by atoms with Crippen molar-refractivity contribution >= 4 is 23.0 Å². The molecule has 2 N–H and O–H groups in total. The van der Waals surface area contributed by atoms with Crippen LogP contribution in [0, 0.1) is 5.92 Å². The zero-order chi connectivity index (χ0) is 18.3. The van der Waals surface area contributed by atoms with Crippen molar-refractivity contribution in [1.29, 1.82) is 0 Å². The molecule has 2 fully saturated rings. The molecule has 0 bridgehead atoms. The summed E-state index contributed by atoms with van der Waals surface area (Å²) in [5, 5.41) is 10.7. The first-order chi connectivity index (χ1) is 12.5. The largest absolute Gasteiger partial charge is 0.391 e. The molecule has 2 aromatic rings. The van der Waals surface area contributed by atoms with E-state index in [1.165, 1.54) is 0 Å². The SMILES string of the molecule is CC1CCN(C(=O)N2CCC(O)C2)CC1N(C)c1ncc2cc[nH]c2n1. The fourth-order valence-corrected chi connectivity index (χ4v) is 3.99. The second kappa shape index (κ2) is 6.75. The number of nitrogens with zero attached hydrogens (tertiary/aromatic N) is 5. The number of rotatable bonds is 2. The number of anilines is 1. The monoisotopic (exact) mass is 358 g/mol. The molecular formula is C18H26N6O2. The van der Waals surface area contributed by atoms with Crippen LogP contribution in [-0.2, 0) is 0 Å². The Kier molecular flexibility index (Phi) is 4.44. The first-order valence-corrected chi connectivity index (χ1v) is 9.28. The van der Waals surface area contributed by atoms with Crippen LogP contribution in [0.3, 0.4) is 0 Å². The van der Waals surface area contributed by atoms with Crippen LogP contribution in [0.5, 0.6) is 0 Å². The van der Waals surface area contributed by atoms with Crippen molar-refractivity contribution in [2.75, 3.05) is 38.1 Å². The van der Waals surface area contributed by atoms with E-state index < -0.39 is 0 Å². The molecule has 2 aromatic heterocycles. The maximum atomic E-state index is 12.8. The molecule has 26 heavy (non-hydrogen) atoms. The third-order valence-electron chi connectivity index (χ3n) is 5.72. The van der Waals surface area contributed by atoms with Gasteiger partial charge in [-0.3, -0.25) is 0 Å². The molecule has 8 nitrogen and oxygen atoms in total. The number of fused-ring (bicyclic) bond motifs is 1. The fourth-order valence-electron chi connectivity index (χ4n) is 3.99. The van der Waals surface area contributed by atoms with E-state index in [2.05, 4.69) is 26.8 Å². The fraction of sp³-hybridized carbons (Fsp3) is 0.611. The molecule has 2 amide bonds. The topological polar surface area (TPSA) is 88.6 Å². The number of likely N-dealkylation sites (tertiary alicyclic amines) is 2. The van der Waals surface area contributed by atoms with Gasteiger partial charge in [0.05, 0.1) is 12.1 Å². The van der Waals surface area contributed by atoms with Crippen molar-refractivity contribution in [3.05, 3.63) is 18.5 Å². The van der Waals surface area contributed by atoms with Gasteiger partial charge in [-0.05, 0) is 24.8 Å². The molecule has 2 aliphatic heterocycles. The molecule has 4 rings (SSSR count). The molecule has 3 unspecified atom stereocenters. The number of H-pyrrole nitrogens is 1. The summed E-state index contributed by atoms with van der Waals surface area (Å²) in [7, 11) is 2.00. The molecule has 0 aliphatic carbocycles. The summed E-state index contributed by atoms with van der Waals surface area (Å²) in [5.41, 5.74) is 0.823. The maximum Gasteiger partial charge on any atom is 0.320 e. The van der Waals surface area contributed by atoms with Crippen molar-refractivity contribution in [2.24, 2.45) is 5.92 Å². The number of carbonyl (C=O) groups excluding carboxylic acids is 1. The predicted octanol–water partition coefficient (Wildman–Crippen LogP) is 1.29.